The first-order chi connectivity index (χ1) is 13.6. The molecule has 1 N–H and O–H groups in total. The summed E-state index contributed by atoms with van der Waals surface area (Å²) in [5.74, 6) is 0.304. The zero-order valence-corrected chi connectivity index (χ0v) is 18.5. The van der Waals surface area contributed by atoms with Gasteiger partial charge in [-0.05, 0) is 47.4 Å². The summed E-state index contributed by atoms with van der Waals surface area (Å²) in [6.45, 7) is 10.7. The van der Waals surface area contributed by atoms with Crippen LogP contribution in [0.2, 0.25) is 0 Å². The zero-order chi connectivity index (χ0) is 21.7. The van der Waals surface area contributed by atoms with Crippen LogP contribution in [0.15, 0.2) is 53.4 Å². The highest BCUT2D eigenvalue weighted by Crippen LogP contribution is 2.24. The lowest BCUT2D eigenvalue weighted by Gasteiger charge is -2.19. The highest BCUT2D eigenvalue weighted by atomic mass is 32.2. The Balaban J connectivity index is 1.94. The highest BCUT2D eigenvalue weighted by molar-refractivity contribution is 7.89. The second kappa shape index (κ2) is 9.41. The first-order valence-corrected chi connectivity index (χ1v) is 11.1. The molecule has 0 unspecified atom stereocenters. The molecule has 0 spiro atoms. The molecule has 2 aromatic rings. The topological polar surface area (TPSA) is 75.7 Å². The van der Waals surface area contributed by atoms with Gasteiger partial charge in [0.15, 0.2) is 6.61 Å². The molecule has 0 saturated heterocycles. The van der Waals surface area contributed by atoms with E-state index in [2.05, 4.69) is 26.1 Å². The maximum absolute atomic E-state index is 12.5. The van der Waals surface area contributed by atoms with Crippen molar-refractivity contribution in [3.05, 3.63) is 54.1 Å². The first-order valence-electron chi connectivity index (χ1n) is 9.71. The number of amides is 1. The molecule has 29 heavy (non-hydrogen) atoms. The Hall–Kier alpha value is -2.38. The van der Waals surface area contributed by atoms with Crippen molar-refractivity contribution < 1.29 is 17.9 Å². The van der Waals surface area contributed by atoms with Gasteiger partial charge in [0.2, 0.25) is 10.0 Å². The maximum atomic E-state index is 12.5. The van der Waals surface area contributed by atoms with E-state index in [1.165, 1.54) is 22.0 Å². The van der Waals surface area contributed by atoms with Crippen LogP contribution in [-0.2, 0) is 20.2 Å². The number of carbonyl (C=O) groups is 1. The SMILES string of the molecule is CCN(CC)S(=O)(=O)c1ccc(NC(=O)COc2ccc(C(C)(C)C)cc2)cc1. The molecule has 2 rings (SSSR count). The summed E-state index contributed by atoms with van der Waals surface area (Å²) in [5, 5.41) is 2.71. The largest absolute Gasteiger partial charge is 0.484 e. The summed E-state index contributed by atoms with van der Waals surface area (Å²) in [6.07, 6.45) is 0. The second-order valence-corrected chi connectivity index (χ2v) is 9.66. The Kier molecular flexibility index (Phi) is 7.43. The molecule has 0 bridgehead atoms. The molecule has 0 radical (unpaired) electrons. The zero-order valence-electron chi connectivity index (χ0n) is 17.7. The van der Waals surface area contributed by atoms with E-state index in [1.54, 1.807) is 26.0 Å². The van der Waals surface area contributed by atoms with Crippen molar-refractivity contribution in [1.29, 1.82) is 0 Å². The van der Waals surface area contributed by atoms with Crippen molar-refractivity contribution in [2.75, 3.05) is 25.0 Å². The van der Waals surface area contributed by atoms with Crippen LogP contribution in [0.5, 0.6) is 5.75 Å². The number of hydrogen-bond acceptors (Lipinski definition) is 4. The summed E-state index contributed by atoms with van der Waals surface area (Å²) in [4.78, 5) is 12.3. The molecule has 0 aliphatic rings. The Morgan fingerprint density at radius 1 is 0.966 bits per heavy atom. The van der Waals surface area contributed by atoms with Crippen LogP contribution >= 0.6 is 0 Å². The van der Waals surface area contributed by atoms with E-state index in [4.69, 9.17) is 4.74 Å². The fourth-order valence-electron chi connectivity index (χ4n) is 2.82. The molecule has 0 atom stereocenters. The summed E-state index contributed by atoms with van der Waals surface area (Å²) in [7, 11) is -3.51. The standard InChI is InChI=1S/C22H30N2O4S/c1-6-24(7-2)29(26,27)20-14-10-18(11-15-20)23-21(25)16-28-19-12-8-17(9-13-19)22(3,4)5/h8-15H,6-7,16H2,1-5H3,(H,23,25). The van der Waals surface area contributed by atoms with Crippen molar-refractivity contribution in [2.45, 2.75) is 44.9 Å². The fourth-order valence-corrected chi connectivity index (χ4v) is 4.28. The van der Waals surface area contributed by atoms with Gasteiger partial charge in [0.1, 0.15) is 5.75 Å². The van der Waals surface area contributed by atoms with Gasteiger partial charge in [-0.1, -0.05) is 46.8 Å². The van der Waals surface area contributed by atoms with Crippen molar-refractivity contribution in [1.82, 2.24) is 4.31 Å². The smallest absolute Gasteiger partial charge is 0.262 e. The number of ether oxygens (including phenoxy) is 1. The van der Waals surface area contributed by atoms with Crippen LogP contribution in [0.3, 0.4) is 0 Å². The van der Waals surface area contributed by atoms with Gasteiger partial charge >= 0.3 is 0 Å². The lowest BCUT2D eigenvalue weighted by Crippen LogP contribution is -2.30. The number of hydrogen-bond donors (Lipinski definition) is 1. The molecule has 2 aromatic carbocycles. The lowest BCUT2D eigenvalue weighted by atomic mass is 9.87. The van der Waals surface area contributed by atoms with Gasteiger partial charge in [0.25, 0.3) is 5.91 Å². The summed E-state index contributed by atoms with van der Waals surface area (Å²) in [5.41, 5.74) is 1.76. The average molecular weight is 419 g/mol. The van der Waals surface area contributed by atoms with E-state index in [0.717, 1.165) is 0 Å². The quantitative estimate of drug-likeness (QED) is 0.702. The number of rotatable bonds is 8. The fraction of sp³-hybridized carbons (Fsp3) is 0.409. The van der Waals surface area contributed by atoms with Crippen LogP contribution in [0.25, 0.3) is 0 Å². The number of carbonyl (C=O) groups excluding carboxylic acids is 1. The van der Waals surface area contributed by atoms with Gasteiger partial charge in [-0.15, -0.1) is 0 Å². The van der Waals surface area contributed by atoms with Crippen LogP contribution in [0.1, 0.15) is 40.2 Å². The van der Waals surface area contributed by atoms with E-state index >= 15 is 0 Å². The molecule has 0 aliphatic heterocycles. The predicted molar refractivity (Wildman–Crippen MR) is 116 cm³/mol. The van der Waals surface area contributed by atoms with E-state index < -0.39 is 10.0 Å². The Morgan fingerprint density at radius 3 is 2.00 bits per heavy atom. The molecule has 1 amide bonds. The van der Waals surface area contributed by atoms with Crippen molar-refractivity contribution in [3.63, 3.8) is 0 Å². The van der Waals surface area contributed by atoms with Crippen molar-refractivity contribution >= 4 is 21.6 Å². The number of nitrogens with zero attached hydrogens (tertiary/aromatic N) is 1. The summed E-state index contributed by atoms with van der Waals surface area (Å²) < 4.78 is 31.9. The Labute approximate surface area is 173 Å². The molecule has 0 heterocycles. The van der Waals surface area contributed by atoms with E-state index in [-0.39, 0.29) is 22.8 Å². The summed E-state index contributed by atoms with van der Waals surface area (Å²) in [6, 6.07) is 13.8. The maximum Gasteiger partial charge on any atom is 0.262 e. The molecule has 7 heteroatoms. The number of benzene rings is 2. The monoisotopic (exact) mass is 418 g/mol. The third-order valence-corrected chi connectivity index (χ3v) is 6.64. The number of anilines is 1. The molecule has 6 nitrogen and oxygen atoms in total. The minimum atomic E-state index is -3.51. The minimum absolute atomic E-state index is 0.0564. The lowest BCUT2D eigenvalue weighted by molar-refractivity contribution is -0.118. The number of sulfonamides is 1. The van der Waals surface area contributed by atoms with Gasteiger partial charge in [-0.2, -0.15) is 4.31 Å². The van der Waals surface area contributed by atoms with Crippen LogP contribution in [0, 0.1) is 0 Å². The predicted octanol–water partition coefficient (Wildman–Crippen LogP) is 4.03. The van der Waals surface area contributed by atoms with Crippen LogP contribution in [-0.4, -0.2) is 38.3 Å². The molecular formula is C22H30N2O4S. The first kappa shape index (κ1) is 22.9. The molecule has 0 fully saturated rings. The Morgan fingerprint density at radius 2 is 1.52 bits per heavy atom. The van der Waals surface area contributed by atoms with E-state index in [9.17, 15) is 13.2 Å². The average Bonchev–Trinajstić information content (AvgIpc) is 2.67. The molecule has 0 aromatic heterocycles. The third kappa shape index (κ3) is 6.05. The van der Waals surface area contributed by atoms with Crippen LogP contribution in [0.4, 0.5) is 5.69 Å². The van der Waals surface area contributed by atoms with E-state index in [0.29, 0.717) is 24.5 Å². The minimum Gasteiger partial charge on any atom is -0.484 e. The van der Waals surface area contributed by atoms with Crippen LogP contribution < -0.4 is 10.1 Å². The molecular weight excluding hydrogens is 388 g/mol. The third-order valence-electron chi connectivity index (χ3n) is 4.57. The molecule has 158 valence electrons. The van der Waals surface area contributed by atoms with Crippen molar-refractivity contribution in [3.8, 4) is 5.75 Å². The van der Waals surface area contributed by atoms with E-state index in [1.807, 2.05) is 24.3 Å². The van der Waals surface area contributed by atoms with Gasteiger partial charge in [0.05, 0.1) is 4.90 Å². The molecule has 0 saturated carbocycles. The van der Waals surface area contributed by atoms with Gasteiger partial charge in [-0.25, -0.2) is 8.42 Å². The van der Waals surface area contributed by atoms with Gasteiger partial charge in [0, 0.05) is 18.8 Å². The normalized spacial score (nSPS) is 12.1. The number of nitrogens with one attached hydrogen (secondary N) is 1. The van der Waals surface area contributed by atoms with Gasteiger partial charge < -0.3 is 10.1 Å². The molecule has 0 aliphatic carbocycles. The highest BCUT2D eigenvalue weighted by Gasteiger charge is 2.21. The Bertz CT molecular complexity index is 911. The summed E-state index contributed by atoms with van der Waals surface area (Å²) >= 11 is 0. The second-order valence-electron chi connectivity index (χ2n) is 7.72. The van der Waals surface area contributed by atoms with Gasteiger partial charge in [-0.3, -0.25) is 4.79 Å². The van der Waals surface area contributed by atoms with Crippen molar-refractivity contribution in [2.24, 2.45) is 0 Å².